The van der Waals surface area contributed by atoms with E-state index in [2.05, 4.69) is 0 Å². The zero-order valence-electron chi connectivity index (χ0n) is 8.27. The highest BCUT2D eigenvalue weighted by atomic mass is 16.5. The minimum absolute atomic E-state index is 0.00392. The first kappa shape index (κ1) is 13.1. The van der Waals surface area contributed by atoms with Gasteiger partial charge in [-0.3, -0.25) is 0 Å². The van der Waals surface area contributed by atoms with Crippen LogP contribution in [0.5, 0.6) is 0 Å². The van der Waals surface area contributed by atoms with Crippen LogP contribution in [0.1, 0.15) is 13.3 Å². The van der Waals surface area contributed by atoms with Gasteiger partial charge < -0.3 is 20.7 Å². The smallest absolute Gasteiger partial charge is 0.333 e. The van der Waals surface area contributed by atoms with Crippen molar-refractivity contribution in [2.75, 3.05) is 19.8 Å². The highest BCUT2D eigenvalue weighted by Gasteiger charge is 2.08. The molecule has 82 valence electrons. The van der Waals surface area contributed by atoms with Crippen LogP contribution in [0.3, 0.4) is 0 Å². The number of aliphatic hydroxyl groups is 2. The molecule has 0 saturated carbocycles. The van der Waals surface area contributed by atoms with Gasteiger partial charge in [-0.1, -0.05) is 6.08 Å². The van der Waals surface area contributed by atoms with Gasteiger partial charge in [0.25, 0.3) is 0 Å². The SMILES string of the molecule is CC(=CCCO)C(=O)OCC(O)CN. The van der Waals surface area contributed by atoms with Crippen LogP contribution in [0.2, 0.25) is 0 Å². The Kier molecular flexibility index (Phi) is 7.00. The number of nitrogens with two attached hydrogens (primary N) is 1. The Morgan fingerprint density at radius 1 is 1.64 bits per heavy atom. The molecule has 0 saturated heterocycles. The molecule has 1 unspecified atom stereocenters. The van der Waals surface area contributed by atoms with E-state index in [1.54, 1.807) is 13.0 Å². The van der Waals surface area contributed by atoms with Crippen LogP contribution >= 0.6 is 0 Å². The van der Waals surface area contributed by atoms with E-state index in [4.69, 9.17) is 20.7 Å². The molecule has 0 aromatic rings. The molecule has 0 fully saturated rings. The maximum Gasteiger partial charge on any atom is 0.333 e. The molecule has 0 aromatic carbocycles. The summed E-state index contributed by atoms with van der Waals surface area (Å²) in [5.41, 5.74) is 5.55. The number of carbonyl (C=O) groups is 1. The number of rotatable bonds is 6. The van der Waals surface area contributed by atoms with Crippen LogP contribution < -0.4 is 5.73 Å². The van der Waals surface area contributed by atoms with Crippen LogP contribution in [-0.4, -0.2) is 42.0 Å². The normalized spacial score (nSPS) is 13.9. The van der Waals surface area contributed by atoms with E-state index < -0.39 is 12.1 Å². The maximum absolute atomic E-state index is 11.1. The van der Waals surface area contributed by atoms with Crippen molar-refractivity contribution in [2.45, 2.75) is 19.4 Å². The Labute approximate surface area is 83.2 Å². The second-order valence-electron chi connectivity index (χ2n) is 2.89. The summed E-state index contributed by atoms with van der Waals surface area (Å²) >= 11 is 0. The van der Waals surface area contributed by atoms with E-state index >= 15 is 0 Å². The molecule has 5 nitrogen and oxygen atoms in total. The van der Waals surface area contributed by atoms with Crippen molar-refractivity contribution in [3.63, 3.8) is 0 Å². The first-order valence-electron chi connectivity index (χ1n) is 4.44. The highest BCUT2D eigenvalue weighted by molar-refractivity contribution is 5.87. The van der Waals surface area contributed by atoms with E-state index in [9.17, 15) is 4.79 Å². The zero-order valence-corrected chi connectivity index (χ0v) is 8.27. The predicted molar refractivity (Wildman–Crippen MR) is 51.5 cm³/mol. The summed E-state index contributed by atoms with van der Waals surface area (Å²) in [6, 6.07) is 0. The lowest BCUT2D eigenvalue weighted by molar-refractivity contribution is -0.141. The number of hydrogen-bond acceptors (Lipinski definition) is 5. The van der Waals surface area contributed by atoms with E-state index in [0.29, 0.717) is 12.0 Å². The first-order chi connectivity index (χ1) is 6.61. The second kappa shape index (κ2) is 7.49. The predicted octanol–water partition coefficient (Wildman–Crippen LogP) is -0.822. The third-order valence-corrected chi connectivity index (χ3v) is 1.58. The molecule has 0 heterocycles. The quantitative estimate of drug-likeness (QED) is 0.387. The minimum atomic E-state index is -0.815. The standard InChI is InChI=1S/C9H17NO4/c1-7(3-2-4-11)9(13)14-6-8(12)5-10/h3,8,11-12H,2,4-6,10H2,1H3. The van der Waals surface area contributed by atoms with Gasteiger partial charge in [-0.15, -0.1) is 0 Å². The lowest BCUT2D eigenvalue weighted by Gasteiger charge is -2.08. The molecule has 0 spiro atoms. The first-order valence-corrected chi connectivity index (χ1v) is 4.44. The maximum atomic E-state index is 11.1. The molecule has 14 heavy (non-hydrogen) atoms. The van der Waals surface area contributed by atoms with Crippen molar-refractivity contribution >= 4 is 5.97 Å². The third kappa shape index (κ3) is 5.69. The van der Waals surface area contributed by atoms with Gasteiger partial charge in [0.1, 0.15) is 12.7 Å². The molecular formula is C9H17NO4. The largest absolute Gasteiger partial charge is 0.460 e. The summed E-state index contributed by atoms with van der Waals surface area (Å²) < 4.78 is 4.73. The summed E-state index contributed by atoms with van der Waals surface area (Å²) in [5, 5.41) is 17.5. The van der Waals surface area contributed by atoms with Crippen molar-refractivity contribution in [1.29, 1.82) is 0 Å². The summed E-state index contributed by atoms with van der Waals surface area (Å²) in [4.78, 5) is 11.1. The van der Waals surface area contributed by atoms with Gasteiger partial charge in [-0.25, -0.2) is 4.79 Å². The molecule has 0 bridgehead atoms. The van der Waals surface area contributed by atoms with Gasteiger partial charge in [0, 0.05) is 18.7 Å². The van der Waals surface area contributed by atoms with E-state index in [-0.39, 0.29) is 19.8 Å². The molecule has 0 aliphatic rings. The molecule has 4 N–H and O–H groups in total. The van der Waals surface area contributed by atoms with Crippen LogP contribution in [0, 0.1) is 0 Å². The average molecular weight is 203 g/mol. The summed E-state index contributed by atoms with van der Waals surface area (Å²) in [6.07, 6.45) is 1.18. The van der Waals surface area contributed by atoms with E-state index in [1.165, 1.54) is 0 Å². The van der Waals surface area contributed by atoms with Crippen molar-refractivity contribution in [2.24, 2.45) is 5.73 Å². The van der Waals surface area contributed by atoms with Crippen molar-refractivity contribution < 1.29 is 19.7 Å². The Balaban J connectivity index is 3.84. The zero-order chi connectivity index (χ0) is 11.0. The average Bonchev–Trinajstić information content (AvgIpc) is 2.21. The van der Waals surface area contributed by atoms with Gasteiger partial charge in [0.15, 0.2) is 0 Å². The Bertz CT molecular complexity index is 203. The molecule has 0 aliphatic heterocycles. The molecule has 0 amide bonds. The third-order valence-electron chi connectivity index (χ3n) is 1.58. The number of aliphatic hydroxyl groups excluding tert-OH is 2. The number of ether oxygens (including phenoxy) is 1. The molecule has 0 aliphatic carbocycles. The molecule has 0 aromatic heterocycles. The highest BCUT2D eigenvalue weighted by Crippen LogP contribution is 1.99. The Morgan fingerprint density at radius 3 is 2.79 bits per heavy atom. The number of esters is 1. The molecule has 1 atom stereocenters. The van der Waals surface area contributed by atoms with Gasteiger partial charge >= 0.3 is 5.97 Å². The monoisotopic (exact) mass is 203 g/mol. The van der Waals surface area contributed by atoms with Crippen LogP contribution in [0.4, 0.5) is 0 Å². The number of carbonyl (C=O) groups excluding carboxylic acids is 1. The van der Waals surface area contributed by atoms with Gasteiger partial charge in [0.05, 0.1) is 0 Å². The lowest BCUT2D eigenvalue weighted by Crippen LogP contribution is -2.26. The molecule has 5 heteroatoms. The lowest BCUT2D eigenvalue weighted by atomic mass is 10.2. The Hall–Kier alpha value is -0.910. The fourth-order valence-corrected chi connectivity index (χ4v) is 0.718. The van der Waals surface area contributed by atoms with Crippen molar-refractivity contribution in [3.05, 3.63) is 11.6 Å². The van der Waals surface area contributed by atoms with Crippen LogP contribution in [0.15, 0.2) is 11.6 Å². The van der Waals surface area contributed by atoms with Crippen LogP contribution in [0.25, 0.3) is 0 Å². The van der Waals surface area contributed by atoms with Crippen molar-refractivity contribution in [1.82, 2.24) is 0 Å². The van der Waals surface area contributed by atoms with Gasteiger partial charge in [0.2, 0.25) is 0 Å². The number of hydrogen-bond donors (Lipinski definition) is 3. The van der Waals surface area contributed by atoms with E-state index in [0.717, 1.165) is 0 Å². The minimum Gasteiger partial charge on any atom is -0.460 e. The van der Waals surface area contributed by atoms with Crippen LogP contribution in [-0.2, 0) is 9.53 Å². The second-order valence-corrected chi connectivity index (χ2v) is 2.89. The molecule has 0 rings (SSSR count). The fourth-order valence-electron chi connectivity index (χ4n) is 0.718. The summed E-state index contributed by atoms with van der Waals surface area (Å²) in [6.45, 7) is 1.55. The summed E-state index contributed by atoms with van der Waals surface area (Å²) in [5.74, 6) is -0.494. The molecular weight excluding hydrogens is 186 g/mol. The Morgan fingerprint density at radius 2 is 2.29 bits per heavy atom. The van der Waals surface area contributed by atoms with E-state index in [1.807, 2.05) is 0 Å². The summed E-state index contributed by atoms with van der Waals surface area (Å²) in [7, 11) is 0. The fraction of sp³-hybridized carbons (Fsp3) is 0.667. The van der Waals surface area contributed by atoms with Gasteiger partial charge in [-0.2, -0.15) is 0 Å². The topological polar surface area (TPSA) is 92.8 Å². The molecule has 0 radical (unpaired) electrons. The van der Waals surface area contributed by atoms with Gasteiger partial charge in [-0.05, 0) is 13.3 Å². The van der Waals surface area contributed by atoms with Crippen molar-refractivity contribution in [3.8, 4) is 0 Å².